The smallest absolute Gasteiger partial charge is 0.243 e. The van der Waals surface area contributed by atoms with Gasteiger partial charge in [0, 0.05) is 6.42 Å². The molecule has 1 aliphatic rings. The second kappa shape index (κ2) is 16.3. The van der Waals surface area contributed by atoms with Gasteiger partial charge >= 0.3 is 0 Å². The van der Waals surface area contributed by atoms with Crippen LogP contribution in [0.15, 0.2) is 30.3 Å². The van der Waals surface area contributed by atoms with Crippen molar-refractivity contribution in [1.29, 1.82) is 0 Å². The summed E-state index contributed by atoms with van der Waals surface area (Å²) in [4.78, 5) is 68.0. The van der Waals surface area contributed by atoms with Gasteiger partial charge in [-0.05, 0) is 48.5 Å². The van der Waals surface area contributed by atoms with E-state index >= 15 is 0 Å². The summed E-state index contributed by atoms with van der Waals surface area (Å²) in [6.07, 6.45) is 1.21. The molecular formula is C32H51N5O5. The molecule has 5 amide bonds. The summed E-state index contributed by atoms with van der Waals surface area (Å²) in [5, 5.41) is 14.2. The number of rotatable bonds is 9. The maximum Gasteiger partial charge on any atom is 0.243 e. The Bertz CT molecular complexity index is 1070. The first-order chi connectivity index (χ1) is 19.7. The molecule has 5 N–H and O–H groups in total. The average Bonchev–Trinajstić information content (AvgIpc) is 2.89. The highest BCUT2D eigenvalue weighted by molar-refractivity contribution is 5.98. The van der Waals surface area contributed by atoms with Gasteiger partial charge < -0.3 is 26.6 Å². The van der Waals surface area contributed by atoms with Crippen molar-refractivity contribution in [2.75, 3.05) is 0 Å². The summed E-state index contributed by atoms with van der Waals surface area (Å²) in [6, 6.07) is 4.61. The SMILES string of the molecule is CC(C)C[C@H]1NC(=O)[C@@H](CC(C)C)NC(=O)[C@@H](C(C)C)NC(=O)[C@@H](CC(C)C)NC(=O)[C@@H](Cc2ccccc2)NC1=O. The Hall–Kier alpha value is -3.43. The molecule has 0 radical (unpaired) electrons. The Kier molecular flexibility index (Phi) is 13.5. The van der Waals surface area contributed by atoms with Crippen LogP contribution >= 0.6 is 0 Å². The third kappa shape index (κ3) is 11.1. The van der Waals surface area contributed by atoms with E-state index in [9.17, 15) is 24.0 Å². The van der Waals surface area contributed by atoms with Crippen molar-refractivity contribution in [1.82, 2.24) is 26.6 Å². The second-order valence-electron chi connectivity index (χ2n) is 13.1. The first-order valence-corrected chi connectivity index (χ1v) is 15.2. The van der Waals surface area contributed by atoms with Crippen LogP contribution in [-0.2, 0) is 30.4 Å². The summed E-state index contributed by atoms with van der Waals surface area (Å²) in [5.74, 6) is -2.57. The van der Waals surface area contributed by atoms with Crippen molar-refractivity contribution in [3.63, 3.8) is 0 Å². The third-order valence-corrected chi connectivity index (χ3v) is 7.18. The zero-order chi connectivity index (χ0) is 31.6. The van der Waals surface area contributed by atoms with Crippen LogP contribution in [0.3, 0.4) is 0 Å². The van der Waals surface area contributed by atoms with Gasteiger partial charge in [0.15, 0.2) is 0 Å². The lowest BCUT2D eigenvalue weighted by atomic mass is 9.98. The van der Waals surface area contributed by atoms with E-state index in [0.717, 1.165) is 5.56 Å². The molecule has 0 aromatic heterocycles. The van der Waals surface area contributed by atoms with Crippen molar-refractivity contribution in [3.8, 4) is 0 Å². The topological polar surface area (TPSA) is 146 Å². The molecular weight excluding hydrogens is 534 g/mol. The van der Waals surface area contributed by atoms with Crippen LogP contribution in [0.2, 0.25) is 0 Å². The Balaban J connectivity index is 2.59. The van der Waals surface area contributed by atoms with Crippen LogP contribution in [0.25, 0.3) is 0 Å². The molecule has 0 spiro atoms. The number of carbonyl (C=O) groups excluding carboxylic acids is 5. The molecule has 10 nitrogen and oxygen atoms in total. The van der Waals surface area contributed by atoms with E-state index in [1.54, 1.807) is 0 Å². The molecule has 1 heterocycles. The first kappa shape index (κ1) is 34.8. The molecule has 1 aromatic carbocycles. The molecule has 1 saturated heterocycles. The van der Waals surface area contributed by atoms with Crippen LogP contribution in [0, 0.1) is 23.7 Å². The molecule has 1 aliphatic heterocycles. The van der Waals surface area contributed by atoms with E-state index in [4.69, 9.17) is 0 Å². The molecule has 2 rings (SSSR count). The van der Waals surface area contributed by atoms with Crippen LogP contribution in [-0.4, -0.2) is 59.7 Å². The number of amides is 5. The van der Waals surface area contributed by atoms with Gasteiger partial charge in [-0.3, -0.25) is 24.0 Å². The summed E-state index contributed by atoms with van der Waals surface area (Å²) in [6.45, 7) is 15.3. The van der Waals surface area contributed by atoms with Gasteiger partial charge in [0.05, 0.1) is 0 Å². The lowest BCUT2D eigenvalue weighted by molar-refractivity contribution is -0.135. The fraction of sp³-hybridized carbons (Fsp3) is 0.656. The average molecular weight is 586 g/mol. The Morgan fingerprint density at radius 1 is 0.500 bits per heavy atom. The van der Waals surface area contributed by atoms with Gasteiger partial charge in [-0.2, -0.15) is 0 Å². The summed E-state index contributed by atoms with van der Waals surface area (Å²) in [7, 11) is 0. The zero-order valence-electron chi connectivity index (χ0n) is 26.5. The van der Waals surface area contributed by atoms with Crippen molar-refractivity contribution < 1.29 is 24.0 Å². The number of nitrogens with one attached hydrogen (secondary N) is 5. The fourth-order valence-corrected chi connectivity index (χ4v) is 5.04. The van der Waals surface area contributed by atoms with Crippen molar-refractivity contribution in [2.45, 2.75) is 111 Å². The predicted octanol–water partition coefficient (Wildman–Crippen LogP) is 2.46. The minimum Gasteiger partial charge on any atom is -0.343 e. The van der Waals surface area contributed by atoms with Crippen LogP contribution in [0.5, 0.6) is 0 Å². The van der Waals surface area contributed by atoms with Gasteiger partial charge in [0.1, 0.15) is 30.2 Å². The van der Waals surface area contributed by atoms with Gasteiger partial charge in [-0.15, -0.1) is 0 Å². The second-order valence-corrected chi connectivity index (χ2v) is 13.1. The molecule has 42 heavy (non-hydrogen) atoms. The first-order valence-electron chi connectivity index (χ1n) is 15.2. The molecule has 10 heteroatoms. The summed E-state index contributed by atoms with van der Waals surface area (Å²) >= 11 is 0. The third-order valence-electron chi connectivity index (χ3n) is 7.18. The summed E-state index contributed by atoms with van der Waals surface area (Å²) < 4.78 is 0. The van der Waals surface area contributed by atoms with Crippen molar-refractivity contribution in [3.05, 3.63) is 35.9 Å². The highest BCUT2D eigenvalue weighted by Gasteiger charge is 2.36. The molecule has 234 valence electrons. The van der Waals surface area contributed by atoms with E-state index in [2.05, 4.69) is 26.6 Å². The van der Waals surface area contributed by atoms with Gasteiger partial charge in [0.25, 0.3) is 0 Å². The molecule has 0 saturated carbocycles. The molecule has 0 bridgehead atoms. The monoisotopic (exact) mass is 585 g/mol. The van der Waals surface area contributed by atoms with E-state index in [1.165, 1.54) is 0 Å². The van der Waals surface area contributed by atoms with E-state index in [0.29, 0.717) is 19.3 Å². The predicted molar refractivity (Wildman–Crippen MR) is 163 cm³/mol. The standard InChI is InChI=1S/C32H51N5O5/c1-18(2)14-23-28(38)35-26(17-22-12-10-9-11-13-22)30(40)34-25(16-20(5)6)31(41)37-27(21(7)8)32(42)36-24(15-19(3)4)29(39)33-23/h9-13,18-21,23-27H,14-17H2,1-8H3,(H,33,39)(H,34,40)(H,35,38)(H,36,42)(H,37,41)/t23-,24-,25-,26-,27-/m1/s1. The maximum atomic E-state index is 13.7. The molecule has 5 atom stereocenters. The van der Waals surface area contributed by atoms with Gasteiger partial charge in [0.2, 0.25) is 29.5 Å². The van der Waals surface area contributed by atoms with E-state index < -0.39 is 59.7 Å². The highest BCUT2D eigenvalue weighted by Crippen LogP contribution is 2.14. The van der Waals surface area contributed by atoms with Gasteiger partial charge in [-0.1, -0.05) is 85.7 Å². The minimum atomic E-state index is -0.994. The highest BCUT2D eigenvalue weighted by atomic mass is 16.2. The van der Waals surface area contributed by atoms with Crippen LogP contribution in [0.4, 0.5) is 0 Å². The Labute approximate surface area is 250 Å². The molecule has 1 aromatic rings. The molecule has 1 fully saturated rings. The number of carbonyl (C=O) groups is 5. The normalized spacial score (nSPS) is 25.0. The maximum absolute atomic E-state index is 13.7. The summed E-state index contributed by atoms with van der Waals surface area (Å²) in [5.41, 5.74) is 0.830. The molecule has 0 aliphatic carbocycles. The van der Waals surface area contributed by atoms with Crippen LogP contribution in [0.1, 0.15) is 80.2 Å². The van der Waals surface area contributed by atoms with Crippen LogP contribution < -0.4 is 26.6 Å². The fourth-order valence-electron chi connectivity index (χ4n) is 5.04. The lowest BCUT2D eigenvalue weighted by Crippen LogP contribution is -2.59. The quantitative estimate of drug-likeness (QED) is 0.302. The largest absolute Gasteiger partial charge is 0.343 e. The minimum absolute atomic E-state index is 0.0595. The Morgan fingerprint density at radius 3 is 1.26 bits per heavy atom. The Morgan fingerprint density at radius 2 is 0.857 bits per heavy atom. The number of benzene rings is 1. The lowest BCUT2D eigenvalue weighted by Gasteiger charge is -2.28. The zero-order valence-corrected chi connectivity index (χ0v) is 26.5. The number of hydrogen-bond acceptors (Lipinski definition) is 5. The number of hydrogen-bond donors (Lipinski definition) is 5. The van der Waals surface area contributed by atoms with E-state index in [-0.39, 0.29) is 30.1 Å². The van der Waals surface area contributed by atoms with Gasteiger partial charge in [-0.25, -0.2) is 0 Å². The van der Waals surface area contributed by atoms with Crippen molar-refractivity contribution in [2.24, 2.45) is 23.7 Å². The van der Waals surface area contributed by atoms with Crippen molar-refractivity contribution >= 4 is 29.5 Å². The van der Waals surface area contributed by atoms with E-state index in [1.807, 2.05) is 85.7 Å². The molecule has 0 unspecified atom stereocenters.